The van der Waals surface area contributed by atoms with Crippen molar-refractivity contribution in [3.63, 3.8) is 0 Å². The molecule has 2 nitrogen and oxygen atoms in total. The zero-order valence-electron chi connectivity index (χ0n) is 6.50. The van der Waals surface area contributed by atoms with Gasteiger partial charge in [-0.05, 0) is 18.2 Å². The fourth-order valence-electron chi connectivity index (χ4n) is 1.01. The molecule has 1 saturated heterocycles. The van der Waals surface area contributed by atoms with Gasteiger partial charge < -0.3 is 9.47 Å². The molecular weight excluding hydrogens is 220 g/mol. The van der Waals surface area contributed by atoms with Crippen LogP contribution in [0.3, 0.4) is 0 Å². The Hall–Kier alpha value is -0.540. The average molecular weight is 229 g/mol. The lowest BCUT2D eigenvalue weighted by Gasteiger charge is -2.26. The van der Waals surface area contributed by atoms with Crippen molar-refractivity contribution in [2.24, 2.45) is 0 Å². The summed E-state index contributed by atoms with van der Waals surface area (Å²) in [6, 6.07) is 7.84. The molecule has 0 N–H and O–H groups in total. The molecule has 0 amide bonds. The maximum atomic E-state index is 5.58. The summed E-state index contributed by atoms with van der Waals surface area (Å²) in [5.41, 5.74) is 0. The van der Waals surface area contributed by atoms with Crippen LogP contribution < -0.4 is 4.74 Å². The number of hydrogen-bond acceptors (Lipinski definition) is 2. The van der Waals surface area contributed by atoms with Crippen LogP contribution in [0.1, 0.15) is 0 Å². The Bertz CT molecular complexity index is 271. The van der Waals surface area contributed by atoms with Gasteiger partial charge in [0.25, 0.3) is 0 Å². The van der Waals surface area contributed by atoms with Gasteiger partial charge in [0.1, 0.15) is 11.9 Å². The third-order valence-electron chi connectivity index (χ3n) is 1.71. The highest BCUT2D eigenvalue weighted by molar-refractivity contribution is 9.10. The maximum absolute atomic E-state index is 5.58. The third kappa shape index (κ3) is 1.79. The molecule has 12 heavy (non-hydrogen) atoms. The highest BCUT2D eigenvalue weighted by Crippen LogP contribution is 2.20. The number of benzene rings is 1. The van der Waals surface area contributed by atoms with Crippen molar-refractivity contribution >= 4 is 15.9 Å². The lowest BCUT2D eigenvalue weighted by molar-refractivity contribution is -0.0797. The van der Waals surface area contributed by atoms with Crippen LogP contribution in [-0.4, -0.2) is 19.3 Å². The second-order valence-corrected chi connectivity index (χ2v) is 3.65. The molecule has 1 heterocycles. The standard InChI is InChI=1S/C9H9BrO2/c10-7-2-1-3-8(4-7)12-9-5-11-6-9/h1-4,9H,5-6H2. The molecule has 64 valence electrons. The zero-order chi connectivity index (χ0) is 8.39. The van der Waals surface area contributed by atoms with Crippen LogP contribution >= 0.6 is 15.9 Å². The molecule has 1 aromatic rings. The van der Waals surface area contributed by atoms with Crippen LogP contribution in [-0.2, 0) is 4.74 Å². The smallest absolute Gasteiger partial charge is 0.145 e. The molecule has 0 bridgehead atoms. The predicted molar refractivity (Wildman–Crippen MR) is 49.4 cm³/mol. The van der Waals surface area contributed by atoms with Gasteiger partial charge in [0.2, 0.25) is 0 Å². The van der Waals surface area contributed by atoms with Gasteiger partial charge in [-0.25, -0.2) is 0 Å². The fraction of sp³-hybridized carbons (Fsp3) is 0.333. The molecule has 3 heteroatoms. The van der Waals surface area contributed by atoms with Gasteiger partial charge in [0.05, 0.1) is 13.2 Å². The monoisotopic (exact) mass is 228 g/mol. The highest BCUT2D eigenvalue weighted by Gasteiger charge is 2.19. The summed E-state index contributed by atoms with van der Waals surface area (Å²) < 4.78 is 11.6. The Balaban J connectivity index is 2.02. The van der Waals surface area contributed by atoms with Crippen molar-refractivity contribution in [1.29, 1.82) is 0 Å². The van der Waals surface area contributed by atoms with Crippen molar-refractivity contribution in [3.8, 4) is 5.75 Å². The molecule has 1 aliphatic rings. The van der Waals surface area contributed by atoms with Crippen molar-refractivity contribution in [3.05, 3.63) is 28.7 Å². The first-order valence-corrected chi connectivity index (χ1v) is 4.64. The summed E-state index contributed by atoms with van der Waals surface area (Å²) in [6.07, 6.45) is 0.249. The fourth-order valence-corrected chi connectivity index (χ4v) is 1.39. The van der Waals surface area contributed by atoms with Crippen LogP contribution in [0.15, 0.2) is 28.7 Å². The summed E-state index contributed by atoms with van der Waals surface area (Å²) in [4.78, 5) is 0. The van der Waals surface area contributed by atoms with Gasteiger partial charge in [0, 0.05) is 4.47 Å². The Morgan fingerprint density at radius 2 is 2.25 bits per heavy atom. The predicted octanol–water partition coefficient (Wildman–Crippen LogP) is 2.23. The van der Waals surface area contributed by atoms with Crippen LogP contribution in [0.4, 0.5) is 0 Å². The van der Waals surface area contributed by atoms with Crippen molar-refractivity contribution in [2.75, 3.05) is 13.2 Å². The molecule has 2 rings (SSSR count). The normalized spacial score (nSPS) is 17.1. The number of ether oxygens (including phenoxy) is 2. The molecule has 0 aromatic heterocycles. The Morgan fingerprint density at radius 1 is 1.42 bits per heavy atom. The largest absolute Gasteiger partial charge is 0.486 e. The maximum Gasteiger partial charge on any atom is 0.145 e. The molecule has 1 aromatic carbocycles. The average Bonchev–Trinajstić information content (AvgIpc) is 1.97. The SMILES string of the molecule is Brc1cccc(OC2COC2)c1. The minimum absolute atomic E-state index is 0.249. The van der Waals surface area contributed by atoms with Gasteiger partial charge in [-0.1, -0.05) is 22.0 Å². The topological polar surface area (TPSA) is 18.5 Å². The van der Waals surface area contributed by atoms with Crippen LogP contribution in [0, 0.1) is 0 Å². The first-order chi connectivity index (χ1) is 5.84. The molecule has 1 fully saturated rings. The molecule has 1 aliphatic heterocycles. The zero-order valence-corrected chi connectivity index (χ0v) is 8.08. The van der Waals surface area contributed by atoms with E-state index in [2.05, 4.69) is 15.9 Å². The molecule has 0 atom stereocenters. The minimum Gasteiger partial charge on any atom is -0.486 e. The minimum atomic E-state index is 0.249. The Kier molecular flexibility index (Phi) is 2.33. The van der Waals surface area contributed by atoms with E-state index in [1.165, 1.54) is 0 Å². The second kappa shape index (κ2) is 3.46. The summed E-state index contributed by atoms with van der Waals surface area (Å²) in [6.45, 7) is 1.43. The molecule has 0 spiro atoms. The van der Waals surface area contributed by atoms with Gasteiger partial charge in [0.15, 0.2) is 0 Å². The summed E-state index contributed by atoms with van der Waals surface area (Å²) in [5, 5.41) is 0. The van der Waals surface area contributed by atoms with E-state index in [1.807, 2.05) is 24.3 Å². The van der Waals surface area contributed by atoms with Crippen LogP contribution in [0.5, 0.6) is 5.75 Å². The first-order valence-electron chi connectivity index (χ1n) is 3.84. The van der Waals surface area contributed by atoms with E-state index in [-0.39, 0.29) is 6.10 Å². The lowest BCUT2D eigenvalue weighted by Crippen LogP contribution is -2.38. The second-order valence-electron chi connectivity index (χ2n) is 2.73. The van der Waals surface area contributed by atoms with Gasteiger partial charge in [-0.2, -0.15) is 0 Å². The van der Waals surface area contributed by atoms with Gasteiger partial charge in [-0.3, -0.25) is 0 Å². The van der Waals surface area contributed by atoms with E-state index in [0.29, 0.717) is 13.2 Å². The van der Waals surface area contributed by atoms with E-state index in [9.17, 15) is 0 Å². The van der Waals surface area contributed by atoms with Crippen molar-refractivity contribution < 1.29 is 9.47 Å². The van der Waals surface area contributed by atoms with E-state index in [0.717, 1.165) is 10.2 Å². The molecule has 0 unspecified atom stereocenters. The molecule has 0 aliphatic carbocycles. The van der Waals surface area contributed by atoms with E-state index in [4.69, 9.17) is 9.47 Å². The van der Waals surface area contributed by atoms with E-state index in [1.54, 1.807) is 0 Å². The number of rotatable bonds is 2. The Labute approximate surface area is 79.6 Å². The number of halogens is 1. The quantitative estimate of drug-likeness (QED) is 0.774. The van der Waals surface area contributed by atoms with E-state index >= 15 is 0 Å². The molecular formula is C9H9BrO2. The first kappa shape index (κ1) is 8.08. The van der Waals surface area contributed by atoms with Crippen molar-refractivity contribution in [2.45, 2.75) is 6.10 Å². The van der Waals surface area contributed by atoms with Gasteiger partial charge in [-0.15, -0.1) is 0 Å². The summed E-state index contributed by atoms with van der Waals surface area (Å²) >= 11 is 3.38. The lowest BCUT2D eigenvalue weighted by atomic mass is 10.3. The Morgan fingerprint density at radius 3 is 2.83 bits per heavy atom. The van der Waals surface area contributed by atoms with E-state index < -0.39 is 0 Å². The van der Waals surface area contributed by atoms with Crippen molar-refractivity contribution in [1.82, 2.24) is 0 Å². The van der Waals surface area contributed by atoms with Gasteiger partial charge >= 0.3 is 0 Å². The van der Waals surface area contributed by atoms with Crippen LogP contribution in [0.2, 0.25) is 0 Å². The summed E-state index contributed by atoms with van der Waals surface area (Å²) in [7, 11) is 0. The highest BCUT2D eigenvalue weighted by atomic mass is 79.9. The summed E-state index contributed by atoms with van der Waals surface area (Å²) in [5.74, 6) is 0.901. The number of hydrogen-bond donors (Lipinski definition) is 0. The molecule has 0 saturated carbocycles. The van der Waals surface area contributed by atoms with Crippen LogP contribution in [0.25, 0.3) is 0 Å². The molecule has 0 radical (unpaired) electrons. The third-order valence-corrected chi connectivity index (χ3v) is 2.20.